The zero-order valence-electron chi connectivity index (χ0n) is 16.1. The Bertz CT molecular complexity index is 442. The van der Waals surface area contributed by atoms with Crippen LogP contribution in [0.1, 0.15) is 89.5 Å². The quantitative estimate of drug-likeness (QED) is 0.397. The van der Waals surface area contributed by atoms with Gasteiger partial charge in [-0.25, -0.2) is 0 Å². The number of aromatic hydroxyl groups is 1. The standard InChI is InChI=1S/C22H37NO2/c1-2-3-4-5-6-7-8-9-10-11-12-13-18-23-22(25)19-20-14-16-21(24)17-15-20/h14-17,24H,2-13,18-19H2,1H3,(H,23,25). The third-order valence-corrected chi connectivity index (χ3v) is 4.65. The number of phenolic OH excluding ortho intramolecular Hbond substituents is 1. The van der Waals surface area contributed by atoms with Crippen LogP contribution in [0.5, 0.6) is 5.75 Å². The first-order valence-corrected chi connectivity index (χ1v) is 10.3. The lowest BCUT2D eigenvalue weighted by atomic mass is 10.1. The molecule has 0 bridgehead atoms. The molecule has 0 saturated carbocycles. The number of carbonyl (C=O) groups excluding carboxylic acids is 1. The molecule has 3 heteroatoms. The molecule has 0 unspecified atom stereocenters. The van der Waals surface area contributed by atoms with Crippen molar-refractivity contribution in [2.45, 2.75) is 90.4 Å². The highest BCUT2D eigenvalue weighted by Crippen LogP contribution is 2.12. The first-order valence-electron chi connectivity index (χ1n) is 10.3. The summed E-state index contributed by atoms with van der Waals surface area (Å²) in [7, 11) is 0. The van der Waals surface area contributed by atoms with E-state index < -0.39 is 0 Å². The van der Waals surface area contributed by atoms with Crippen molar-refractivity contribution in [2.24, 2.45) is 0 Å². The Morgan fingerprint density at radius 1 is 0.800 bits per heavy atom. The fourth-order valence-electron chi connectivity index (χ4n) is 3.06. The number of carbonyl (C=O) groups is 1. The summed E-state index contributed by atoms with van der Waals surface area (Å²) in [6, 6.07) is 6.82. The molecule has 0 atom stereocenters. The molecule has 0 spiro atoms. The van der Waals surface area contributed by atoms with Gasteiger partial charge >= 0.3 is 0 Å². The molecule has 0 aliphatic carbocycles. The zero-order chi connectivity index (χ0) is 18.2. The summed E-state index contributed by atoms with van der Waals surface area (Å²) in [4.78, 5) is 11.8. The van der Waals surface area contributed by atoms with Crippen LogP contribution >= 0.6 is 0 Å². The molecule has 0 heterocycles. The van der Waals surface area contributed by atoms with Crippen LogP contribution in [0.15, 0.2) is 24.3 Å². The Balaban J connectivity index is 1.85. The van der Waals surface area contributed by atoms with Crippen LogP contribution in [0, 0.1) is 0 Å². The lowest BCUT2D eigenvalue weighted by molar-refractivity contribution is -0.120. The van der Waals surface area contributed by atoms with Gasteiger partial charge in [0, 0.05) is 6.54 Å². The molecule has 1 aromatic carbocycles. The summed E-state index contributed by atoms with van der Waals surface area (Å²) in [5.74, 6) is 0.300. The molecule has 1 amide bonds. The SMILES string of the molecule is CCCCCCCCCCCCCCNC(=O)Cc1ccc(O)cc1. The number of rotatable bonds is 15. The van der Waals surface area contributed by atoms with Gasteiger partial charge in [0.05, 0.1) is 6.42 Å². The Labute approximate surface area is 154 Å². The van der Waals surface area contributed by atoms with E-state index in [1.54, 1.807) is 24.3 Å². The maximum absolute atomic E-state index is 11.8. The number of hydrogen-bond donors (Lipinski definition) is 2. The van der Waals surface area contributed by atoms with E-state index in [1.165, 1.54) is 70.6 Å². The molecular weight excluding hydrogens is 310 g/mol. The van der Waals surface area contributed by atoms with Gasteiger partial charge in [0.1, 0.15) is 5.75 Å². The second-order valence-corrected chi connectivity index (χ2v) is 7.08. The molecule has 25 heavy (non-hydrogen) atoms. The van der Waals surface area contributed by atoms with Crippen LogP contribution in [-0.4, -0.2) is 17.6 Å². The van der Waals surface area contributed by atoms with Crippen molar-refractivity contribution < 1.29 is 9.90 Å². The molecule has 0 saturated heterocycles. The number of benzene rings is 1. The van der Waals surface area contributed by atoms with E-state index in [0.717, 1.165) is 18.5 Å². The van der Waals surface area contributed by atoms with Gasteiger partial charge in [0.2, 0.25) is 5.91 Å². The minimum Gasteiger partial charge on any atom is -0.508 e. The number of amides is 1. The van der Waals surface area contributed by atoms with E-state index in [9.17, 15) is 9.90 Å². The number of nitrogens with one attached hydrogen (secondary N) is 1. The summed E-state index contributed by atoms with van der Waals surface area (Å²) in [6.45, 7) is 3.04. The summed E-state index contributed by atoms with van der Waals surface area (Å²) in [6.07, 6.45) is 16.4. The molecule has 0 aliphatic heterocycles. The number of unbranched alkanes of at least 4 members (excludes halogenated alkanes) is 11. The van der Waals surface area contributed by atoms with Crippen molar-refractivity contribution in [3.8, 4) is 5.75 Å². The van der Waals surface area contributed by atoms with E-state index in [-0.39, 0.29) is 11.7 Å². The zero-order valence-corrected chi connectivity index (χ0v) is 16.1. The van der Waals surface area contributed by atoms with Gasteiger partial charge < -0.3 is 10.4 Å². The fourth-order valence-corrected chi connectivity index (χ4v) is 3.06. The maximum atomic E-state index is 11.8. The van der Waals surface area contributed by atoms with Gasteiger partial charge in [-0.15, -0.1) is 0 Å². The van der Waals surface area contributed by atoms with Crippen molar-refractivity contribution in [2.75, 3.05) is 6.54 Å². The Morgan fingerprint density at radius 3 is 1.80 bits per heavy atom. The van der Waals surface area contributed by atoms with Crippen molar-refractivity contribution in [1.82, 2.24) is 5.32 Å². The highest BCUT2D eigenvalue weighted by molar-refractivity contribution is 5.78. The van der Waals surface area contributed by atoms with E-state index in [2.05, 4.69) is 12.2 Å². The molecule has 0 aliphatic rings. The Kier molecular flexibility index (Phi) is 12.7. The van der Waals surface area contributed by atoms with Crippen molar-refractivity contribution in [1.29, 1.82) is 0 Å². The summed E-state index contributed by atoms with van der Waals surface area (Å²) >= 11 is 0. The molecule has 1 aromatic rings. The third kappa shape index (κ3) is 12.5. The largest absolute Gasteiger partial charge is 0.508 e. The van der Waals surface area contributed by atoms with Gasteiger partial charge in [0.25, 0.3) is 0 Å². The summed E-state index contributed by atoms with van der Waals surface area (Å²) < 4.78 is 0. The van der Waals surface area contributed by atoms with Crippen LogP contribution < -0.4 is 5.32 Å². The Morgan fingerprint density at radius 2 is 1.28 bits per heavy atom. The minimum atomic E-state index is 0.0637. The van der Waals surface area contributed by atoms with E-state index in [4.69, 9.17) is 0 Å². The summed E-state index contributed by atoms with van der Waals surface area (Å²) in [5, 5.41) is 12.2. The van der Waals surface area contributed by atoms with E-state index >= 15 is 0 Å². The fraction of sp³-hybridized carbons (Fsp3) is 0.682. The normalized spacial score (nSPS) is 10.8. The predicted molar refractivity (Wildman–Crippen MR) is 106 cm³/mol. The van der Waals surface area contributed by atoms with Gasteiger partial charge in [-0.05, 0) is 24.1 Å². The van der Waals surface area contributed by atoms with Crippen LogP contribution in [0.25, 0.3) is 0 Å². The van der Waals surface area contributed by atoms with Crippen LogP contribution in [0.2, 0.25) is 0 Å². The van der Waals surface area contributed by atoms with Crippen LogP contribution in [0.3, 0.4) is 0 Å². The van der Waals surface area contributed by atoms with Crippen molar-refractivity contribution in [3.63, 3.8) is 0 Å². The molecular formula is C22H37NO2. The lowest BCUT2D eigenvalue weighted by Gasteiger charge is -2.06. The average Bonchev–Trinajstić information content (AvgIpc) is 2.61. The second kappa shape index (κ2) is 14.8. The van der Waals surface area contributed by atoms with Gasteiger partial charge in [-0.2, -0.15) is 0 Å². The Hall–Kier alpha value is -1.51. The topological polar surface area (TPSA) is 49.3 Å². The van der Waals surface area contributed by atoms with E-state index in [1.807, 2.05) is 0 Å². The van der Waals surface area contributed by atoms with Gasteiger partial charge in [-0.1, -0.05) is 89.7 Å². The van der Waals surface area contributed by atoms with Gasteiger partial charge in [-0.3, -0.25) is 4.79 Å². The highest BCUT2D eigenvalue weighted by Gasteiger charge is 2.02. The molecule has 2 N–H and O–H groups in total. The highest BCUT2D eigenvalue weighted by atomic mass is 16.3. The predicted octanol–water partition coefficient (Wildman–Crippen LogP) is 5.75. The molecule has 0 fully saturated rings. The van der Waals surface area contributed by atoms with E-state index in [0.29, 0.717) is 6.42 Å². The van der Waals surface area contributed by atoms with Gasteiger partial charge in [0.15, 0.2) is 0 Å². The molecule has 142 valence electrons. The maximum Gasteiger partial charge on any atom is 0.224 e. The molecule has 3 nitrogen and oxygen atoms in total. The first-order chi connectivity index (χ1) is 12.2. The lowest BCUT2D eigenvalue weighted by Crippen LogP contribution is -2.26. The monoisotopic (exact) mass is 347 g/mol. The first kappa shape index (κ1) is 21.5. The van der Waals surface area contributed by atoms with Crippen molar-refractivity contribution >= 4 is 5.91 Å². The molecule has 1 rings (SSSR count). The van der Waals surface area contributed by atoms with Crippen LogP contribution in [-0.2, 0) is 11.2 Å². The molecule has 0 aromatic heterocycles. The number of phenols is 1. The van der Waals surface area contributed by atoms with Crippen LogP contribution in [0.4, 0.5) is 0 Å². The smallest absolute Gasteiger partial charge is 0.224 e. The third-order valence-electron chi connectivity index (χ3n) is 4.65. The summed E-state index contributed by atoms with van der Waals surface area (Å²) in [5.41, 5.74) is 0.935. The number of hydrogen-bond acceptors (Lipinski definition) is 2. The average molecular weight is 348 g/mol. The second-order valence-electron chi connectivity index (χ2n) is 7.08. The minimum absolute atomic E-state index is 0.0637. The molecule has 0 radical (unpaired) electrons. The van der Waals surface area contributed by atoms with Crippen molar-refractivity contribution in [3.05, 3.63) is 29.8 Å².